The van der Waals surface area contributed by atoms with E-state index >= 15 is 0 Å². The molecule has 72 valence electrons. The third-order valence-electron chi connectivity index (χ3n) is 1.83. The van der Waals surface area contributed by atoms with Crippen LogP contribution in [0, 0.1) is 0 Å². The second-order valence-electron chi connectivity index (χ2n) is 2.97. The summed E-state index contributed by atoms with van der Waals surface area (Å²) < 4.78 is 6.39. The number of aryl methyl sites for hydroxylation is 1. The number of aromatic nitrogens is 2. The summed E-state index contributed by atoms with van der Waals surface area (Å²) in [5.41, 5.74) is 0.840. The van der Waals surface area contributed by atoms with Crippen LogP contribution in [0.1, 0.15) is 0 Å². The van der Waals surface area contributed by atoms with E-state index < -0.39 is 7.32 Å². The van der Waals surface area contributed by atoms with Crippen molar-refractivity contribution in [2.75, 3.05) is 0 Å². The summed E-state index contributed by atoms with van der Waals surface area (Å²) in [4.78, 5) is 0. The van der Waals surface area contributed by atoms with Crippen LogP contribution in [-0.2, 0) is 7.05 Å². The number of rotatable bonds is 2. The minimum absolute atomic E-state index is 0.403. The van der Waals surface area contributed by atoms with E-state index in [0.29, 0.717) is 5.75 Å². The minimum Gasteiger partial charge on any atom is -0.512 e. The molecule has 1 aromatic carbocycles. The molecule has 0 saturated carbocycles. The van der Waals surface area contributed by atoms with Crippen molar-refractivity contribution >= 4 is 18.2 Å². The highest BCUT2D eigenvalue weighted by Crippen LogP contribution is 2.19. The lowest BCUT2D eigenvalue weighted by atomic mass is 10.2. The van der Waals surface area contributed by atoms with Crippen LogP contribution in [0.3, 0.4) is 0 Å². The van der Waals surface area contributed by atoms with E-state index in [1.165, 1.54) is 0 Å². The van der Waals surface area contributed by atoms with Crippen LogP contribution < -0.4 is 4.65 Å². The third kappa shape index (κ3) is 1.71. The Kier molecular flexibility index (Phi) is 2.15. The van der Waals surface area contributed by atoms with Gasteiger partial charge in [-0.3, -0.25) is 4.68 Å². The van der Waals surface area contributed by atoms with Gasteiger partial charge in [0.05, 0.1) is 5.52 Å². The average Bonchev–Trinajstić information content (AvgIpc) is 2.42. The molecular formula is C8H9BN2O3. The van der Waals surface area contributed by atoms with Gasteiger partial charge in [0.1, 0.15) is 5.75 Å². The molecule has 6 heteroatoms. The second kappa shape index (κ2) is 3.32. The molecule has 0 radical (unpaired) electrons. The van der Waals surface area contributed by atoms with Crippen molar-refractivity contribution < 1.29 is 14.7 Å². The van der Waals surface area contributed by atoms with E-state index in [1.807, 2.05) is 13.2 Å². The molecule has 1 heterocycles. The molecule has 0 bridgehead atoms. The summed E-state index contributed by atoms with van der Waals surface area (Å²) in [6.07, 6.45) is 1.83. The summed E-state index contributed by atoms with van der Waals surface area (Å²) in [6, 6.07) is 5.09. The van der Waals surface area contributed by atoms with Gasteiger partial charge >= 0.3 is 7.32 Å². The molecular weight excluding hydrogens is 183 g/mol. The van der Waals surface area contributed by atoms with E-state index in [4.69, 9.17) is 14.7 Å². The van der Waals surface area contributed by atoms with E-state index in [9.17, 15) is 0 Å². The van der Waals surface area contributed by atoms with Crippen molar-refractivity contribution in [3.63, 3.8) is 0 Å². The normalized spacial score (nSPS) is 10.5. The Hall–Kier alpha value is -1.53. The van der Waals surface area contributed by atoms with Crippen LogP contribution in [-0.4, -0.2) is 27.1 Å². The first kappa shape index (κ1) is 9.05. The summed E-state index contributed by atoms with van der Waals surface area (Å²) in [5, 5.41) is 22.3. The van der Waals surface area contributed by atoms with Crippen molar-refractivity contribution in [3.8, 4) is 5.75 Å². The molecule has 0 aliphatic rings. The monoisotopic (exact) mass is 192 g/mol. The number of hydrogen-bond donors (Lipinski definition) is 2. The molecule has 2 rings (SSSR count). The van der Waals surface area contributed by atoms with Crippen LogP contribution in [0.2, 0.25) is 0 Å². The van der Waals surface area contributed by atoms with Crippen molar-refractivity contribution in [3.05, 3.63) is 24.4 Å². The molecule has 5 nitrogen and oxygen atoms in total. The Balaban J connectivity index is 2.40. The SMILES string of the molecule is Cn1cc2cc(OB(O)O)ccc2n1. The summed E-state index contributed by atoms with van der Waals surface area (Å²) >= 11 is 0. The lowest BCUT2D eigenvalue weighted by Crippen LogP contribution is -2.20. The van der Waals surface area contributed by atoms with Gasteiger partial charge in [-0.1, -0.05) is 0 Å². The highest BCUT2D eigenvalue weighted by atomic mass is 16.6. The highest BCUT2D eigenvalue weighted by molar-refractivity contribution is 6.33. The predicted octanol–water partition coefficient (Wildman–Crippen LogP) is -0.0784. The Morgan fingerprint density at radius 3 is 2.93 bits per heavy atom. The van der Waals surface area contributed by atoms with Crippen molar-refractivity contribution in [1.82, 2.24) is 9.78 Å². The van der Waals surface area contributed by atoms with E-state index in [0.717, 1.165) is 10.9 Å². The summed E-state index contributed by atoms with van der Waals surface area (Å²) in [6.45, 7) is 0. The first-order chi connectivity index (χ1) is 6.65. The molecule has 2 N–H and O–H groups in total. The van der Waals surface area contributed by atoms with Crippen LogP contribution in [0.25, 0.3) is 10.9 Å². The first-order valence-electron chi connectivity index (χ1n) is 4.11. The second-order valence-corrected chi connectivity index (χ2v) is 2.97. The molecule has 0 saturated heterocycles. The zero-order valence-electron chi connectivity index (χ0n) is 7.58. The van der Waals surface area contributed by atoms with E-state index in [1.54, 1.807) is 22.9 Å². The number of fused-ring (bicyclic) bond motifs is 1. The standard InChI is InChI=1S/C8H9BN2O3/c1-11-5-6-4-7(14-9(12)13)2-3-8(6)10-11/h2-5,12-13H,1H3. The van der Waals surface area contributed by atoms with Crippen LogP contribution in [0.5, 0.6) is 5.75 Å². The Morgan fingerprint density at radius 2 is 2.21 bits per heavy atom. The number of benzene rings is 1. The lowest BCUT2D eigenvalue weighted by molar-refractivity contribution is 0.288. The van der Waals surface area contributed by atoms with Gasteiger partial charge in [-0.25, -0.2) is 0 Å². The van der Waals surface area contributed by atoms with Gasteiger partial charge in [-0.15, -0.1) is 0 Å². The fraction of sp³-hybridized carbons (Fsp3) is 0.125. The van der Waals surface area contributed by atoms with Gasteiger partial charge in [0.25, 0.3) is 0 Å². The van der Waals surface area contributed by atoms with Crippen LogP contribution in [0.15, 0.2) is 24.4 Å². The minimum atomic E-state index is -1.79. The smallest absolute Gasteiger partial charge is 0.512 e. The predicted molar refractivity (Wildman–Crippen MR) is 51.5 cm³/mol. The summed E-state index contributed by atoms with van der Waals surface area (Å²) in [7, 11) is 0.0330. The average molecular weight is 192 g/mol. The van der Waals surface area contributed by atoms with Crippen molar-refractivity contribution in [2.24, 2.45) is 7.05 Å². The molecule has 14 heavy (non-hydrogen) atoms. The van der Waals surface area contributed by atoms with E-state index in [2.05, 4.69) is 5.10 Å². The van der Waals surface area contributed by atoms with Crippen molar-refractivity contribution in [1.29, 1.82) is 0 Å². The molecule has 0 aliphatic carbocycles. The summed E-state index contributed by atoms with van der Waals surface area (Å²) in [5.74, 6) is 0.403. The molecule has 0 amide bonds. The van der Waals surface area contributed by atoms with E-state index in [-0.39, 0.29) is 0 Å². The Labute approximate surface area is 80.7 Å². The maximum absolute atomic E-state index is 8.60. The first-order valence-corrected chi connectivity index (χ1v) is 4.11. The van der Waals surface area contributed by atoms with Crippen LogP contribution in [0.4, 0.5) is 0 Å². The molecule has 0 aliphatic heterocycles. The number of hydrogen-bond acceptors (Lipinski definition) is 4. The fourth-order valence-electron chi connectivity index (χ4n) is 1.32. The fourth-order valence-corrected chi connectivity index (χ4v) is 1.32. The Bertz CT molecular complexity index is 455. The van der Waals surface area contributed by atoms with Crippen LogP contribution >= 0.6 is 0 Å². The van der Waals surface area contributed by atoms with Gasteiger partial charge < -0.3 is 14.7 Å². The van der Waals surface area contributed by atoms with Gasteiger partial charge in [-0.05, 0) is 18.2 Å². The van der Waals surface area contributed by atoms with Gasteiger partial charge in [0.2, 0.25) is 0 Å². The maximum atomic E-state index is 8.60. The molecule has 0 fully saturated rings. The van der Waals surface area contributed by atoms with Crippen molar-refractivity contribution in [2.45, 2.75) is 0 Å². The quantitative estimate of drug-likeness (QED) is 0.653. The molecule has 1 aromatic heterocycles. The lowest BCUT2D eigenvalue weighted by Gasteiger charge is -2.02. The molecule has 0 unspecified atom stereocenters. The zero-order chi connectivity index (χ0) is 10.1. The van der Waals surface area contributed by atoms with Gasteiger partial charge in [-0.2, -0.15) is 5.10 Å². The highest BCUT2D eigenvalue weighted by Gasteiger charge is 2.11. The Morgan fingerprint density at radius 1 is 1.43 bits per heavy atom. The maximum Gasteiger partial charge on any atom is 0.707 e. The van der Waals surface area contributed by atoms with Gasteiger partial charge in [0.15, 0.2) is 0 Å². The molecule has 0 atom stereocenters. The zero-order valence-corrected chi connectivity index (χ0v) is 7.58. The molecule has 2 aromatic rings. The largest absolute Gasteiger partial charge is 0.707 e. The van der Waals surface area contributed by atoms with Gasteiger partial charge in [0, 0.05) is 18.6 Å². The topological polar surface area (TPSA) is 67.5 Å². The molecule has 0 spiro atoms. The number of nitrogens with zero attached hydrogens (tertiary/aromatic N) is 2. The third-order valence-corrected chi connectivity index (χ3v) is 1.83.